The zero-order valence-electron chi connectivity index (χ0n) is 10.4. The predicted molar refractivity (Wildman–Crippen MR) is 67.7 cm³/mol. The molecule has 0 bridgehead atoms. The van der Waals surface area contributed by atoms with Crippen LogP contribution >= 0.6 is 11.3 Å². The maximum absolute atomic E-state index is 4.68. The molecule has 1 N–H and O–H groups in total. The molecule has 1 rings (SSSR count). The summed E-state index contributed by atoms with van der Waals surface area (Å²) in [4.78, 5) is 4.68. The van der Waals surface area contributed by atoms with E-state index < -0.39 is 0 Å². The SMILES string of the molecule is CCNC(C)Cc1nc(C(C)(C)C)cs1. The maximum atomic E-state index is 4.68. The van der Waals surface area contributed by atoms with E-state index >= 15 is 0 Å². The van der Waals surface area contributed by atoms with Gasteiger partial charge in [-0.2, -0.15) is 0 Å². The second-order valence-corrected chi connectivity index (χ2v) is 5.98. The maximum Gasteiger partial charge on any atom is 0.0943 e. The Bertz CT molecular complexity index is 299. The second kappa shape index (κ2) is 5.08. The highest BCUT2D eigenvalue weighted by atomic mass is 32.1. The molecule has 0 aromatic carbocycles. The van der Waals surface area contributed by atoms with Gasteiger partial charge in [0.05, 0.1) is 10.7 Å². The van der Waals surface area contributed by atoms with E-state index in [1.807, 2.05) is 0 Å². The third kappa shape index (κ3) is 3.92. The normalized spacial score (nSPS) is 14.2. The van der Waals surface area contributed by atoms with Crippen LogP contribution in [0, 0.1) is 0 Å². The summed E-state index contributed by atoms with van der Waals surface area (Å²) in [6.07, 6.45) is 1.04. The third-order valence-corrected chi connectivity index (χ3v) is 3.22. The Hall–Kier alpha value is -0.410. The van der Waals surface area contributed by atoms with Crippen molar-refractivity contribution >= 4 is 11.3 Å². The van der Waals surface area contributed by atoms with Crippen LogP contribution in [-0.4, -0.2) is 17.6 Å². The van der Waals surface area contributed by atoms with Crippen molar-refractivity contribution in [3.05, 3.63) is 16.1 Å². The lowest BCUT2D eigenvalue weighted by Crippen LogP contribution is -2.27. The van der Waals surface area contributed by atoms with E-state index in [1.165, 1.54) is 10.7 Å². The molecular weight excluding hydrogens is 204 g/mol. The first-order valence-electron chi connectivity index (χ1n) is 5.61. The molecule has 0 amide bonds. The number of thiazole rings is 1. The van der Waals surface area contributed by atoms with Crippen LogP contribution < -0.4 is 5.32 Å². The van der Waals surface area contributed by atoms with E-state index in [4.69, 9.17) is 0 Å². The quantitative estimate of drug-likeness (QED) is 0.854. The summed E-state index contributed by atoms with van der Waals surface area (Å²) in [5.74, 6) is 0. The molecule has 86 valence electrons. The van der Waals surface area contributed by atoms with E-state index in [0.717, 1.165) is 13.0 Å². The fourth-order valence-electron chi connectivity index (χ4n) is 1.43. The minimum atomic E-state index is 0.177. The first-order chi connectivity index (χ1) is 6.93. The van der Waals surface area contributed by atoms with E-state index in [9.17, 15) is 0 Å². The van der Waals surface area contributed by atoms with E-state index in [1.54, 1.807) is 11.3 Å². The highest BCUT2D eigenvalue weighted by Gasteiger charge is 2.17. The lowest BCUT2D eigenvalue weighted by atomic mass is 9.93. The molecule has 1 aromatic heterocycles. The second-order valence-electron chi connectivity index (χ2n) is 5.04. The molecule has 0 aliphatic rings. The van der Waals surface area contributed by atoms with Gasteiger partial charge in [0.15, 0.2) is 0 Å². The molecule has 1 atom stereocenters. The summed E-state index contributed by atoms with van der Waals surface area (Å²) in [6, 6.07) is 0.522. The van der Waals surface area contributed by atoms with Crippen molar-refractivity contribution < 1.29 is 0 Å². The number of nitrogens with zero attached hydrogens (tertiary/aromatic N) is 1. The number of hydrogen-bond acceptors (Lipinski definition) is 3. The van der Waals surface area contributed by atoms with Gasteiger partial charge in [-0.1, -0.05) is 27.7 Å². The van der Waals surface area contributed by atoms with Gasteiger partial charge in [0.25, 0.3) is 0 Å². The number of rotatable bonds is 4. The topological polar surface area (TPSA) is 24.9 Å². The number of aromatic nitrogens is 1. The van der Waals surface area contributed by atoms with E-state index in [2.05, 4.69) is 50.3 Å². The lowest BCUT2D eigenvalue weighted by molar-refractivity contribution is 0.550. The summed E-state index contributed by atoms with van der Waals surface area (Å²) in [5.41, 5.74) is 1.39. The number of likely N-dealkylation sites (N-methyl/N-ethyl adjacent to an activating group) is 1. The van der Waals surface area contributed by atoms with Gasteiger partial charge in [-0.3, -0.25) is 0 Å². The van der Waals surface area contributed by atoms with Crippen LogP contribution in [0.3, 0.4) is 0 Å². The van der Waals surface area contributed by atoms with Gasteiger partial charge in [-0.15, -0.1) is 11.3 Å². The Morgan fingerprint density at radius 1 is 1.47 bits per heavy atom. The largest absolute Gasteiger partial charge is 0.314 e. The van der Waals surface area contributed by atoms with Crippen molar-refractivity contribution in [2.45, 2.75) is 52.5 Å². The van der Waals surface area contributed by atoms with Gasteiger partial charge in [0.2, 0.25) is 0 Å². The fourth-order valence-corrected chi connectivity index (χ4v) is 2.58. The molecule has 15 heavy (non-hydrogen) atoms. The Labute approximate surface area is 97.1 Å². The van der Waals surface area contributed by atoms with Gasteiger partial charge >= 0.3 is 0 Å². The van der Waals surface area contributed by atoms with Crippen LogP contribution in [0.5, 0.6) is 0 Å². The Morgan fingerprint density at radius 3 is 2.60 bits per heavy atom. The van der Waals surface area contributed by atoms with Crippen molar-refractivity contribution in [1.29, 1.82) is 0 Å². The van der Waals surface area contributed by atoms with Crippen molar-refractivity contribution in [1.82, 2.24) is 10.3 Å². The summed E-state index contributed by atoms with van der Waals surface area (Å²) in [6.45, 7) is 12.0. The predicted octanol–water partition coefficient (Wildman–Crippen LogP) is 2.98. The minimum Gasteiger partial charge on any atom is -0.314 e. The van der Waals surface area contributed by atoms with Crippen molar-refractivity contribution in [2.24, 2.45) is 0 Å². The molecule has 0 saturated carbocycles. The molecule has 0 radical (unpaired) electrons. The molecule has 2 nitrogen and oxygen atoms in total. The first-order valence-corrected chi connectivity index (χ1v) is 6.49. The van der Waals surface area contributed by atoms with E-state index in [0.29, 0.717) is 6.04 Å². The van der Waals surface area contributed by atoms with Crippen LogP contribution in [0.4, 0.5) is 0 Å². The summed E-state index contributed by atoms with van der Waals surface area (Å²) in [5, 5.41) is 6.84. The number of hydrogen-bond donors (Lipinski definition) is 1. The highest BCUT2D eigenvalue weighted by molar-refractivity contribution is 7.09. The average Bonchev–Trinajstić information content (AvgIpc) is 2.52. The lowest BCUT2D eigenvalue weighted by Gasteiger charge is -2.14. The smallest absolute Gasteiger partial charge is 0.0943 e. The van der Waals surface area contributed by atoms with Crippen LogP contribution in [0.1, 0.15) is 45.3 Å². The minimum absolute atomic E-state index is 0.177. The van der Waals surface area contributed by atoms with E-state index in [-0.39, 0.29) is 5.41 Å². The highest BCUT2D eigenvalue weighted by Crippen LogP contribution is 2.24. The van der Waals surface area contributed by atoms with Crippen molar-refractivity contribution in [2.75, 3.05) is 6.54 Å². The molecule has 0 aliphatic carbocycles. The average molecular weight is 226 g/mol. The first kappa shape index (κ1) is 12.7. The molecule has 1 heterocycles. The Balaban J connectivity index is 2.61. The molecule has 1 unspecified atom stereocenters. The van der Waals surface area contributed by atoms with Crippen LogP contribution in [0.2, 0.25) is 0 Å². The summed E-state index contributed by atoms with van der Waals surface area (Å²) >= 11 is 1.78. The van der Waals surface area contributed by atoms with Gasteiger partial charge in [0, 0.05) is 23.3 Å². The molecule has 0 fully saturated rings. The molecule has 0 aliphatic heterocycles. The van der Waals surface area contributed by atoms with Crippen molar-refractivity contribution in [3.8, 4) is 0 Å². The standard InChI is InChI=1S/C12H22N2S/c1-6-13-9(2)7-11-14-10(8-15-11)12(3,4)5/h8-9,13H,6-7H2,1-5H3. The summed E-state index contributed by atoms with van der Waals surface area (Å²) < 4.78 is 0. The fraction of sp³-hybridized carbons (Fsp3) is 0.750. The Kier molecular flexibility index (Phi) is 4.29. The Morgan fingerprint density at radius 2 is 2.13 bits per heavy atom. The van der Waals surface area contributed by atoms with Crippen LogP contribution in [0.25, 0.3) is 0 Å². The molecule has 0 spiro atoms. The monoisotopic (exact) mass is 226 g/mol. The summed E-state index contributed by atoms with van der Waals surface area (Å²) in [7, 11) is 0. The van der Waals surface area contributed by atoms with Crippen LogP contribution in [-0.2, 0) is 11.8 Å². The zero-order valence-corrected chi connectivity index (χ0v) is 11.2. The molecular formula is C12H22N2S. The molecule has 1 aromatic rings. The van der Waals surface area contributed by atoms with Gasteiger partial charge in [-0.05, 0) is 13.5 Å². The van der Waals surface area contributed by atoms with Crippen LogP contribution in [0.15, 0.2) is 5.38 Å². The van der Waals surface area contributed by atoms with Gasteiger partial charge in [0.1, 0.15) is 0 Å². The number of nitrogens with one attached hydrogen (secondary N) is 1. The zero-order chi connectivity index (χ0) is 11.5. The molecule has 3 heteroatoms. The third-order valence-electron chi connectivity index (χ3n) is 2.35. The van der Waals surface area contributed by atoms with Gasteiger partial charge < -0.3 is 5.32 Å². The molecule has 0 saturated heterocycles. The van der Waals surface area contributed by atoms with Gasteiger partial charge in [-0.25, -0.2) is 4.98 Å². The van der Waals surface area contributed by atoms with Crippen molar-refractivity contribution in [3.63, 3.8) is 0 Å².